The fraction of sp³-hybridized carbons (Fsp3) is 0.400. The van der Waals surface area contributed by atoms with Gasteiger partial charge in [0.25, 0.3) is 0 Å². The van der Waals surface area contributed by atoms with E-state index in [9.17, 15) is 0 Å². The minimum absolute atomic E-state index is 0. The number of nitrogens with zero attached hydrogens (tertiary/aromatic N) is 2. The number of rotatable bonds is 2. The molecule has 0 unspecified atom stereocenters. The predicted octanol–water partition coefficient (Wildman–Crippen LogP) is 3.72. The van der Waals surface area contributed by atoms with E-state index >= 15 is 0 Å². The van der Waals surface area contributed by atoms with Gasteiger partial charge < -0.3 is 5.32 Å². The molecule has 0 amide bonds. The molecule has 3 nitrogen and oxygen atoms in total. The van der Waals surface area contributed by atoms with E-state index in [1.54, 1.807) is 0 Å². The molecule has 0 bridgehead atoms. The van der Waals surface area contributed by atoms with Crippen LogP contribution in [0.25, 0.3) is 5.69 Å². The molecule has 1 aliphatic rings. The smallest absolute Gasteiger partial charge is 0.0663 e. The Balaban J connectivity index is 0.00000147. The molecule has 0 aliphatic carbocycles. The summed E-state index contributed by atoms with van der Waals surface area (Å²) in [7, 11) is 0. The molecule has 108 valence electrons. The van der Waals surface area contributed by atoms with E-state index in [0.717, 1.165) is 23.8 Å². The zero-order valence-electron chi connectivity index (χ0n) is 11.5. The zero-order valence-corrected chi connectivity index (χ0v) is 13.0. The molecule has 2 heterocycles. The Labute approximate surface area is 130 Å². The van der Waals surface area contributed by atoms with Crippen LogP contribution in [-0.4, -0.2) is 22.9 Å². The van der Waals surface area contributed by atoms with E-state index in [-0.39, 0.29) is 12.4 Å². The maximum Gasteiger partial charge on any atom is 0.0663 e. The molecule has 1 saturated heterocycles. The molecule has 2 aromatic rings. The quantitative estimate of drug-likeness (QED) is 0.916. The van der Waals surface area contributed by atoms with Crippen LogP contribution in [0.5, 0.6) is 0 Å². The first-order valence-corrected chi connectivity index (χ1v) is 7.15. The Bertz CT molecular complexity index is 557. The van der Waals surface area contributed by atoms with Crippen molar-refractivity contribution in [1.29, 1.82) is 0 Å². The lowest BCUT2D eigenvalue weighted by molar-refractivity contribution is 0.451. The molecule has 1 N–H and O–H groups in total. The normalized spacial score (nSPS) is 15.9. The Hall–Kier alpha value is -1.03. The Morgan fingerprint density at radius 1 is 1.20 bits per heavy atom. The summed E-state index contributed by atoms with van der Waals surface area (Å²) >= 11 is 5.93. The lowest BCUT2D eigenvalue weighted by Crippen LogP contribution is -2.26. The van der Waals surface area contributed by atoms with Crippen LogP contribution in [0.1, 0.15) is 30.1 Å². The van der Waals surface area contributed by atoms with E-state index in [1.165, 1.54) is 24.2 Å². The van der Waals surface area contributed by atoms with Crippen molar-refractivity contribution < 1.29 is 0 Å². The summed E-state index contributed by atoms with van der Waals surface area (Å²) < 4.78 is 2.01. The SMILES string of the molecule is Cc1cc(C2CCNCC2)nn1-c1ccc(Cl)cc1.Cl. The molecule has 1 aromatic carbocycles. The number of halogens is 2. The number of piperidine rings is 1. The molecule has 20 heavy (non-hydrogen) atoms. The molecular formula is C15H19Cl2N3. The van der Waals surface area contributed by atoms with Gasteiger partial charge in [0, 0.05) is 16.6 Å². The average Bonchev–Trinajstić information content (AvgIpc) is 2.83. The fourth-order valence-corrected chi connectivity index (χ4v) is 2.79. The highest BCUT2D eigenvalue weighted by Gasteiger charge is 2.19. The fourth-order valence-electron chi connectivity index (χ4n) is 2.66. The van der Waals surface area contributed by atoms with Gasteiger partial charge in [0.05, 0.1) is 11.4 Å². The summed E-state index contributed by atoms with van der Waals surface area (Å²) in [5, 5.41) is 8.93. The van der Waals surface area contributed by atoms with Crippen LogP contribution in [0.15, 0.2) is 30.3 Å². The maximum atomic E-state index is 5.93. The van der Waals surface area contributed by atoms with Crippen molar-refractivity contribution in [3.63, 3.8) is 0 Å². The van der Waals surface area contributed by atoms with Gasteiger partial charge in [0.15, 0.2) is 0 Å². The largest absolute Gasteiger partial charge is 0.317 e. The number of aromatic nitrogens is 2. The second kappa shape index (κ2) is 6.61. The van der Waals surface area contributed by atoms with Crippen molar-refractivity contribution in [2.45, 2.75) is 25.7 Å². The molecule has 0 saturated carbocycles. The summed E-state index contributed by atoms with van der Waals surface area (Å²) in [5.41, 5.74) is 3.46. The van der Waals surface area contributed by atoms with Gasteiger partial charge in [-0.3, -0.25) is 0 Å². The van der Waals surface area contributed by atoms with Gasteiger partial charge in [0.2, 0.25) is 0 Å². The van der Waals surface area contributed by atoms with Crippen molar-refractivity contribution in [3.8, 4) is 5.69 Å². The Kier molecular flexibility index (Phi) is 5.08. The Morgan fingerprint density at radius 2 is 1.85 bits per heavy atom. The highest BCUT2D eigenvalue weighted by molar-refractivity contribution is 6.30. The first-order chi connectivity index (χ1) is 9.24. The van der Waals surface area contributed by atoms with E-state index in [0.29, 0.717) is 5.92 Å². The van der Waals surface area contributed by atoms with Crippen LogP contribution in [0.4, 0.5) is 0 Å². The number of hydrogen-bond donors (Lipinski definition) is 1. The minimum Gasteiger partial charge on any atom is -0.317 e. The molecule has 0 atom stereocenters. The van der Waals surface area contributed by atoms with E-state index in [1.807, 2.05) is 28.9 Å². The third-order valence-electron chi connectivity index (χ3n) is 3.73. The molecule has 1 aliphatic heterocycles. The van der Waals surface area contributed by atoms with Gasteiger partial charge in [-0.15, -0.1) is 12.4 Å². The molecular weight excluding hydrogens is 293 g/mol. The van der Waals surface area contributed by atoms with Crippen LogP contribution in [-0.2, 0) is 0 Å². The first kappa shape index (κ1) is 15.4. The van der Waals surface area contributed by atoms with Gasteiger partial charge >= 0.3 is 0 Å². The molecule has 1 fully saturated rings. The van der Waals surface area contributed by atoms with E-state index < -0.39 is 0 Å². The van der Waals surface area contributed by atoms with Crippen LogP contribution in [0, 0.1) is 6.92 Å². The second-order valence-corrected chi connectivity index (χ2v) is 5.56. The molecule has 0 radical (unpaired) electrons. The molecule has 0 spiro atoms. The highest BCUT2D eigenvalue weighted by atomic mass is 35.5. The van der Waals surface area contributed by atoms with Crippen molar-refractivity contribution in [3.05, 3.63) is 46.7 Å². The van der Waals surface area contributed by atoms with Crippen molar-refractivity contribution in [1.82, 2.24) is 15.1 Å². The number of benzene rings is 1. The van der Waals surface area contributed by atoms with E-state index in [2.05, 4.69) is 18.3 Å². The van der Waals surface area contributed by atoms with Gasteiger partial charge in [-0.05, 0) is 63.2 Å². The lowest BCUT2D eigenvalue weighted by atomic mass is 9.95. The summed E-state index contributed by atoms with van der Waals surface area (Å²) in [6.45, 7) is 4.29. The summed E-state index contributed by atoms with van der Waals surface area (Å²) in [5.74, 6) is 0.591. The van der Waals surface area contributed by atoms with Gasteiger partial charge in [-0.2, -0.15) is 5.10 Å². The molecule has 5 heteroatoms. The maximum absolute atomic E-state index is 5.93. The van der Waals surface area contributed by atoms with Crippen LogP contribution in [0.2, 0.25) is 5.02 Å². The summed E-state index contributed by atoms with van der Waals surface area (Å²) in [6.07, 6.45) is 2.36. The van der Waals surface area contributed by atoms with Crippen molar-refractivity contribution >= 4 is 24.0 Å². The van der Waals surface area contributed by atoms with Crippen molar-refractivity contribution in [2.24, 2.45) is 0 Å². The zero-order chi connectivity index (χ0) is 13.2. The minimum atomic E-state index is 0. The van der Waals surface area contributed by atoms with Crippen LogP contribution >= 0.6 is 24.0 Å². The lowest BCUT2D eigenvalue weighted by Gasteiger charge is -2.20. The third-order valence-corrected chi connectivity index (χ3v) is 3.99. The molecule has 1 aromatic heterocycles. The van der Waals surface area contributed by atoms with Crippen LogP contribution < -0.4 is 5.32 Å². The van der Waals surface area contributed by atoms with Crippen LogP contribution in [0.3, 0.4) is 0 Å². The number of nitrogens with one attached hydrogen (secondary N) is 1. The third kappa shape index (κ3) is 3.17. The average molecular weight is 312 g/mol. The number of hydrogen-bond acceptors (Lipinski definition) is 2. The van der Waals surface area contributed by atoms with E-state index in [4.69, 9.17) is 16.7 Å². The van der Waals surface area contributed by atoms with Gasteiger partial charge in [0.1, 0.15) is 0 Å². The van der Waals surface area contributed by atoms with Gasteiger partial charge in [-0.25, -0.2) is 4.68 Å². The molecule has 3 rings (SSSR count). The van der Waals surface area contributed by atoms with Crippen molar-refractivity contribution in [2.75, 3.05) is 13.1 Å². The topological polar surface area (TPSA) is 29.9 Å². The summed E-state index contributed by atoms with van der Waals surface area (Å²) in [6, 6.07) is 10.0. The number of aryl methyl sites for hydroxylation is 1. The van der Waals surface area contributed by atoms with Gasteiger partial charge in [-0.1, -0.05) is 11.6 Å². The highest BCUT2D eigenvalue weighted by Crippen LogP contribution is 2.26. The second-order valence-electron chi connectivity index (χ2n) is 5.12. The Morgan fingerprint density at radius 3 is 2.50 bits per heavy atom. The monoisotopic (exact) mass is 311 g/mol. The first-order valence-electron chi connectivity index (χ1n) is 6.77. The standard InChI is InChI=1S/C15H18ClN3.ClH/c1-11-10-15(12-6-8-17-9-7-12)18-19(11)14-4-2-13(16)3-5-14;/h2-5,10,12,17H,6-9H2,1H3;1H. The summed E-state index contributed by atoms with van der Waals surface area (Å²) in [4.78, 5) is 0. The predicted molar refractivity (Wildman–Crippen MR) is 85.4 cm³/mol.